The summed E-state index contributed by atoms with van der Waals surface area (Å²) in [6.07, 6.45) is 4.63. The number of nitrogens with one attached hydrogen (secondary N) is 1. The largest absolute Gasteiger partial charge is 0.504 e. The topological polar surface area (TPSA) is 108 Å². The Balaban J connectivity index is 1.30. The van der Waals surface area contributed by atoms with Crippen LogP contribution in [0.1, 0.15) is 48.8 Å². The second-order valence-corrected chi connectivity index (χ2v) is 12.6. The minimum Gasteiger partial charge on any atom is -0.504 e. The number of allylic oxidation sites excluding steroid dienone is 1. The summed E-state index contributed by atoms with van der Waals surface area (Å²) in [7, 11) is -4.06. The maximum Gasteiger partial charge on any atom is 0.317 e. The number of likely N-dealkylation sites (tertiary alicyclic amines) is 1. The van der Waals surface area contributed by atoms with E-state index >= 15 is 0 Å². The van der Waals surface area contributed by atoms with Gasteiger partial charge < -0.3 is 14.9 Å². The lowest BCUT2D eigenvalue weighted by atomic mass is 9.51. The molecule has 0 unspecified atom stereocenters. The smallest absolute Gasteiger partial charge is 0.317 e. The molecule has 3 N–H and O–H groups in total. The van der Waals surface area contributed by atoms with Crippen molar-refractivity contribution in [3.05, 3.63) is 64.5 Å². The molecule has 1 spiro atoms. The van der Waals surface area contributed by atoms with Crippen molar-refractivity contribution in [2.75, 3.05) is 13.1 Å². The third-order valence-corrected chi connectivity index (χ3v) is 10.1. The van der Waals surface area contributed by atoms with E-state index in [-0.39, 0.29) is 16.7 Å². The molecule has 2 aromatic rings. The van der Waals surface area contributed by atoms with E-state index in [0.29, 0.717) is 48.8 Å². The number of phenolic OH excluding ortho intramolecular Hbond substituents is 1. The molecule has 1 saturated heterocycles. The van der Waals surface area contributed by atoms with E-state index in [1.165, 1.54) is 25.0 Å². The summed E-state index contributed by atoms with van der Waals surface area (Å²) < 4.78 is 37.3. The quantitative estimate of drug-likeness (QED) is 0.509. The predicted molar refractivity (Wildman–Crippen MR) is 131 cm³/mol. The van der Waals surface area contributed by atoms with Crippen LogP contribution in [-0.4, -0.2) is 48.3 Å². The molecular weight excluding hydrogens is 480 g/mol. The Morgan fingerprint density at radius 1 is 1.17 bits per heavy atom. The lowest BCUT2D eigenvalue weighted by molar-refractivity contribution is -0.148. The SMILES string of the molecule is Cc1ccc(S(=O)(=O)ONC2=C3Oc4c(O)ccc5c4[C@@]34CCN(CC3CC3)[C@H](C5)[C@]4(O)CC2)cc1. The fraction of sp³-hybridized carbons (Fsp3) is 0.481. The molecule has 8 nitrogen and oxygen atoms in total. The van der Waals surface area contributed by atoms with Crippen molar-refractivity contribution in [2.24, 2.45) is 5.92 Å². The summed E-state index contributed by atoms with van der Waals surface area (Å²) in [6, 6.07) is 9.99. The Bertz CT molecular complexity index is 1400. The van der Waals surface area contributed by atoms with Crippen molar-refractivity contribution < 1.29 is 27.7 Å². The first-order valence-corrected chi connectivity index (χ1v) is 14.1. The van der Waals surface area contributed by atoms with Crippen molar-refractivity contribution in [1.29, 1.82) is 0 Å². The van der Waals surface area contributed by atoms with E-state index in [1.54, 1.807) is 18.2 Å². The van der Waals surface area contributed by atoms with Crippen LogP contribution in [0.4, 0.5) is 0 Å². The van der Waals surface area contributed by atoms with Gasteiger partial charge in [0.15, 0.2) is 11.5 Å². The highest BCUT2D eigenvalue weighted by molar-refractivity contribution is 7.86. The minimum absolute atomic E-state index is 0.0266. The zero-order valence-corrected chi connectivity index (χ0v) is 21.0. The molecule has 1 saturated carbocycles. The summed E-state index contributed by atoms with van der Waals surface area (Å²) in [6.45, 7) is 3.68. The summed E-state index contributed by atoms with van der Waals surface area (Å²) in [4.78, 5) is 2.50. The van der Waals surface area contributed by atoms with Gasteiger partial charge in [-0.15, -0.1) is 4.28 Å². The molecule has 2 heterocycles. The van der Waals surface area contributed by atoms with Gasteiger partial charge in [0.2, 0.25) is 0 Å². The standard InChI is InChI=1S/C27H30N2O6S/c1-16-2-7-19(8-3-16)36(32,33)35-28-20-10-11-27(31)22-14-18-6-9-21(30)24-23(18)26(27,25(20)34-24)12-13-29(22)15-17-4-5-17/h2-3,6-9,17,22,28,30-31H,4-5,10-15H2,1H3/t22-,26+,27-/m1/s1. The Morgan fingerprint density at radius 2 is 1.94 bits per heavy atom. The number of hydroxylamine groups is 1. The number of piperidine rings is 1. The van der Waals surface area contributed by atoms with Gasteiger partial charge >= 0.3 is 10.1 Å². The van der Waals surface area contributed by atoms with Crippen LogP contribution in [0.3, 0.4) is 0 Å². The third-order valence-electron chi connectivity index (χ3n) is 8.96. The van der Waals surface area contributed by atoms with Crippen LogP contribution in [0.15, 0.2) is 52.7 Å². The molecule has 2 bridgehead atoms. The van der Waals surface area contributed by atoms with Crippen LogP contribution in [0.2, 0.25) is 0 Å². The lowest BCUT2D eigenvalue weighted by Gasteiger charge is -2.61. The minimum atomic E-state index is -4.06. The van der Waals surface area contributed by atoms with Crippen LogP contribution in [0.25, 0.3) is 0 Å². The molecule has 7 rings (SSSR count). The van der Waals surface area contributed by atoms with Crippen LogP contribution >= 0.6 is 0 Å². The van der Waals surface area contributed by atoms with E-state index in [2.05, 4.69) is 10.4 Å². The molecular formula is C27H30N2O6S. The highest BCUT2D eigenvalue weighted by atomic mass is 32.2. The van der Waals surface area contributed by atoms with E-state index in [4.69, 9.17) is 9.02 Å². The number of phenols is 1. The number of hydrogen-bond donors (Lipinski definition) is 3. The number of hydrogen-bond acceptors (Lipinski definition) is 8. The molecule has 190 valence electrons. The van der Waals surface area contributed by atoms with Crippen LogP contribution in [0, 0.1) is 12.8 Å². The van der Waals surface area contributed by atoms with Crippen LogP contribution in [-0.2, 0) is 26.2 Å². The Morgan fingerprint density at radius 3 is 2.69 bits per heavy atom. The molecule has 3 atom stereocenters. The van der Waals surface area contributed by atoms with Gasteiger partial charge in [0, 0.05) is 18.2 Å². The van der Waals surface area contributed by atoms with E-state index < -0.39 is 21.1 Å². The maximum absolute atomic E-state index is 12.9. The van der Waals surface area contributed by atoms with Gasteiger partial charge in [-0.3, -0.25) is 4.90 Å². The number of aromatic hydroxyl groups is 1. The monoisotopic (exact) mass is 510 g/mol. The van der Waals surface area contributed by atoms with Crippen LogP contribution in [0.5, 0.6) is 11.5 Å². The average Bonchev–Trinajstić information content (AvgIpc) is 3.59. The van der Waals surface area contributed by atoms with Gasteiger partial charge in [0.25, 0.3) is 0 Å². The highest BCUT2D eigenvalue weighted by Crippen LogP contribution is 2.66. The number of aliphatic hydroxyl groups is 1. The van der Waals surface area contributed by atoms with Crippen molar-refractivity contribution in [3.63, 3.8) is 0 Å². The zero-order valence-electron chi connectivity index (χ0n) is 20.2. The lowest BCUT2D eigenvalue weighted by Crippen LogP contribution is -2.72. The Kier molecular flexibility index (Phi) is 4.69. The summed E-state index contributed by atoms with van der Waals surface area (Å²) in [5.74, 6) is 1.58. The van der Waals surface area contributed by atoms with Crippen molar-refractivity contribution in [1.82, 2.24) is 10.4 Å². The Hall–Kier alpha value is -2.59. The molecule has 2 aliphatic heterocycles. The van der Waals surface area contributed by atoms with Crippen LogP contribution < -0.4 is 10.2 Å². The number of rotatable bonds is 6. The third kappa shape index (κ3) is 3.00. The first kappa shape index (κ1) is 22.6. The maximum atomic E-state index is 12.9. The highest BCUT2D eigenvalue weighted by Gasteiger charge is 2.70. The van der Waals surface area contributed by atoms with Gasteiger partial charge in [0.05, 0.1) is 21.6 Å². The van der Waals surface area contributed by atoms with E-state index in [9.17, 15) is 18.6 Å². The summed E-state index contributed by atoms with van der Waals surface area (Å²) in [5.41, 5.74) is 4.13. The second kappa shape index (κ2) is 7.47. The number of nitrogens with zero attached hydrogens (tertiary/aromatic N) is 1. The molecule has 3 aliphatic carbocycles. The van der Waals surface area contributed by atoms with E-state index in [1.807, 2.05) is 13.0 Å². The molecule has 36 heavy (non-hydrogen) atoms. The predicted octanol–water partition coefficient (Wildman–Crippen LogP) is 3.02. The molecule has 5 aliphatic rings. The van der Waals surface area contributed by atoms with Gasteiger partial charge in [-0.2, -0.15) is 8.42 Å². The first-order valence-electron chi connectivity index (χ1n) is 12.7. The molecule has 0 aromatic heterocycles. The first-order chi connectivity index (χ1) is 17.2. The van der Waals surface area contributed by atoms with Crippen molar-refractivity contribution in [3.8, 4) is 11.5 Å². The zero-order chi connectivity index (χ0) is 24.9. The molecule has 9 heteroatoms. The second-order valence-electron chi connectivity index (χ2n) is 11.0. The van der Waals surface area contributed by atoms with Gasteiger partial charge in [-0.05, 0) is 81.7 Å². The van der Waals surface area contributed by atoms with Crippen molar-refractivity contribution in [2.45, 2.75) is 67.4 Å². The number of aryl methyl sites for hydroxylation is 1. The number of ether oxygens (including phenoxy) is 1. The fourth-order valence-electron chi connectivity index (χ4n) is 7.02. The van der Waals surface area contributed by atoms with Gasteiger partial charge in [0.1, 0.15) is 5.76 Å². The fourth-order valence-corrected chi connectivity index (χ4v) is 7.79. The Labute approximate surface area is 210 Å². The van der Waals surface area contributed by atoms with Gasteiger partial charge in [-0.25, -0.2) is 5.48 Å². The molecule has 2 fully saturated rings. The molecule has 0 radical (unpaired) electrons. The number of benzene rings is 2. The van der Waals surface area contributed by atoms with E-state index in [0.717, 1.165) is 29.8 Å². The summed E-state index contributed by atoms with van der Waals surface area (Å²) in [5, 5.41) is 23.1. The molecule has 0 amide bonds. The van der Waals surface area contributed by atoms with Gasteiger partial charge in [-0.1, -0.05) is 23.8 Å². The molecule has 2 aromatic carbocycles. The van der Waals surface area contributed by atoms with Crippen molar-refractivity contribution >= 4 is 10.1 Å². The average molecular weight is 511 g/mol. The summed E-state index contributed by atoms with van der Waals surface area (Å²) >= 11 is 0. The normalized spacial score (nSPS) is 30.7.